The highest BCUT2D eigenvalue weighted by Crippen LogP contribution is 2.34. The zero-order valence-corrected chi connectivity index (χ0v) is 10.0. The van der Waals surface area contributed by atoms with Gasteiger partial charge in [0, 0.05) is 11.1 Å². The summed E-state index contributed by atoms with van der Waals surface area (Å²) in [6, 6.07) is 5.83. The summed E-state index contributed by atoms with van der Waals surface area (Å²) in [5, 5.41) is 4.67. The molecule has 0 fully saturated rings. The average molecular weight is 237 g/mol. The highest BCUT2D eigenvalue weighted by Gasteiger charge is 2.16. The average Bonchev–Trinajstić information content (AvgIpc) is 2.63. The minimum atomic E-state index is 0.370. The molecule has 0 saturated carbocycles. The molecule has 2 N–H and O–H groups in total. The number of halogens is 1. The number of hydrogen-bond acceptors (Lipinski definition) is 3. The molecule has 0 aliphatic carbocycles. The molecule has 2 rings (SSSR count). The summed E-state index contributed by atoms with van der Waals surface area (Å²) >= 11 is 6.24. The van der Waals surface area contributed by atoms with E-state index in [1.807, 2.05) is 32.0 Å². The van der Waals surface area contributed by atoms with Gasteiger partial charge in [0.15, 0.2) is 0 Å². The van der Waals surface area contributed by atoms with Gasteiger partial charge in [-0.15, -0.1) is 0 Å². The van der Waals surface area contributed by atoms with Crippen LogP contribution in [0.1, 0.15) is 18.1 Å². The molecule has 1 heterocycles. The second kappa shape index (κ2) is 4.18. The van der Waals surface area contributed by atoms with Gasteiger partial charge in [-0.2, -0.15) is 0 Å². The van der Waals surface area contributed by atoms with Crippen molar-refractivity contribution in [3.8, 4) is 11.3 Å². The Balaban J connectivity index is 2.63. The molecule has 0 unspecified atom stereocenters. The fourth-order valence-corrected chi connectivity index (χ4v) is 1.92. The van der Waals surface area contributed by atoms with Crippen LogP contribution in [0.2, 0.25) is 5.02 Å². The standard InChI is InChI=1S/C12H13ClN2O/c1-3-8-11(15-16-12(8)14)9-6-4-5-7(2)10(9)13/h4-6H,3,14H2,1-2H3. The molecule has 16 heavy (non-hydrogen) atoms. The van der Waals surface area contributed by atoms with Crippen LogP contribution in [-0.4, -0.2) is 5.16 Å². The molecule has 0 bridgehead atoms. The van der Waals surface area contributed by atoms with Gasteiger partial charge >= 0.3 is 0 Å². The number of aromatic nitrogens is 1. The van der Waals surface area contributed by atoms with Crippen molar-refractivity contribution in [1.29, 1.82) is 0 Å². The first-order valence-electron chi connectivity index (χ1n) is 5.14. The summed E-state index contributed by atoms with van der Waals surface area (Å²) in [5.74, 6) is 0.370. The molecule has 0 radical (unpaired) electrons. The summed E-state index contributed by atoms with van der Waals surface area (Å²) in [6.07, 6.45) is 0.773. The molecule has 3 nitrogen and oxygen atoms in total. The number of nitrogens with two attached hydrogens (primary N) is 1. The monoisotopic (exact) mass is 236 g/mol. The molecule has 0 atom stereocenters. The molecule has 0 spiro atoms. The van der Waals surface area contributed by atoms with Crippen LogP contribution in [0, 0.1) is 6.92 Å². The number of anilines is 1. The van der Waals surface area contributed by atoms with Crippen LogP contribution in [0.25, 0.3) is 11.3 Å². The Labute approximate surface area is 99.2 Å². The van der Waals surface area contributed by atoms with Gasteiger partial charge in [-0.25, -0.2) is 0 Å². The summed E-state index contributed by atoms with van der Waals surface area (Å²) in [4.78, 5) is 0. The first-order valence-corrected chi connectivity index (χ1v) is 5.52. The van der Waals surface area contributed by atoms with E-state index in [-0.39, 0.29) is 0 Å². The summed E-state index contributed by atoms with van der Waals surface area (Å²) in [6.45, 7) is 3.97. The zero-order valence-electron chi connectivity index (χ0n) is 9.25. The fraction of sp³-hybridized carbons (Fsp3) is 0.250. The molecule has 4 heteroatoms. The third-order valence-electron chi connectivity index (χ3n) is 2.62. The molecule has 0 aliphatic rings. The van der Waals surface area contributed by atoms with Crippen LogP contribution < -0.4 is 5.73 Å². The summed E-state index contributed by atoms with van der Waals surface area (Å²) < 4.78 is 5.00. The summed E-state index contributed by atoms with van der Waals surface area (Å²) in [5.41, 5.74) is 9.25. The van der Waals surface area contributed by atoms with Crippen molar-refractivity contribution in [3.05, 3.63) is 34.3 Å². The highest BCUT2D eigenvalue weighted by atomic mass is 35.5. The van der Waals surface area contributed by atoms with E-state index in [0.29, 0.717) is 10.9 Å². The van der Waals surface area contributed by atoms with Crippen molar-refractivity contribution in [3.63, 3.8) is 0 Å². The second-order valence-electron chi connectivity index (χ2n) is 3.66. The number of aryl methyl sites for hydroxylation is 1. The largest absolute Gasteiger partial charge is 0.367 e. The molecule has 2 aromatic rings. The van der Waals surface area contributed by atoms with E-state index < -0.39 is 0 Å². The van der Waals surface area contributed by atoms with Crippen LogP contribution in [-0.2, 0) is 6.42 Å². The van der Waals surface area contributed by atoms with E-state index in [1.165, 1.54) is 0 Å². The smallest absolute Gasteiger partial charge is 0.225 e. The van der Waals surface area contributed by atoms with Gasteiger partial charge in [0.05, 0.1) is 5.02 Å². The van der Waals surface area contributed by atoms with Crippen molar-refractivity contribution in [2.75, 3.05) is 5.73 Å². The predicted molar refractivity (Wildman–Crippen MR) is 65.5 cm³/mol. The molecular weight excluding hydrogens is 224 g/mol. The van der Waals surface area contributed by atoms with E-state index in [9.17, 15) is 0 Å². The number of nitrogens with zero attached hydrogens (tertiary/aromatic N) is 1. The normalized spacial score (nSPS) is 10.7. The van der Waals surface area contributed by atoms with E-state index >= 15 is 0 Å². The maximum atomic E-state index is 6.24. The van der Waals surface area contributed by atoms with Gasteiger partial charge in [-0.05, 0) is 18.9 Å². The summed E-state index contributed by atoms with van der Waals surface area (Å²) in [7, 11) is 0. The third kappa shape index (κ3) is 1.67. The van der Waals surface area contributed by atoms with E-state index in [1.54, 1.807) is 0 Å². The van der Waals surface area contributed by atoms with E-state index in [2.05, 4.69) is 5.16 Å². The molecule has 1 aromatic heterocycles. The first kappa shape index (κ1) is 11.0. The van der Waals surface area contributed by atoms with Crippen LogP contribution in [0.3, 0.4) is 0 Å². The van der Waals surface area contributed by atoms with Crippen LogP contribution >= 0.6 is 11.6 Å². The lowest BCUT2D eigenvalue weighted by Crippen LogP contribution is -1.91. The predicted octanol–water partition coefficient (Wildman–Crippen LogP) is 3.45. The lowest BCUT2D eigenvalue weighted by Gasteiger charge is -2.04. The lowest BCUT2D eigenvalue weighted by atomic mass is 10.0. The molecule has 0 aliphatic heterocycles. The Morgan fingerprint density at radius 2 is 2.19 bits per heavy atom. The SMILES string of the molecule is CCc1c(-c2cccc(C)c2Cl)noc1N. The number of rotatable bonds is 2. The van der Waals surface area contributed by atoms with Crippen molar-refractivity contribution in [2.24, 2.45) is 0 Å². The number of hydrogen-bond donors (Lipinski definition) is 1. The third-order valence-corrected chi connectivity index (χ3v) is 3.12. The van der Waals surface area contributed by atoms with E-state index in [0.717, 1.165) is 28.8 Å². The minimum Gasteiger partial charge on any atom is -0.367 e. The topological polar surface area (TPSA) is 52.0 Å². The number of nitrogen functional groups attached to an aromatic ring is 1. The Bertz CT molecular complexity index is 520. The van der Waals surface area contributed by atoms with Crippen LogP contribution in [0.5, 0.6) is 0 Å². The van der Waals surface area contributed by atoms with E-state index in [4.69, 9.17) is 21.9 Å². The van der Waals surface area contributed by atoms with Crippen molar-refractivity contribution in [2.45, 2.75) is 20.3 Å². The Kier molecular flexibility index (Phi) is 2.88. The van der Waals surface area contributed by atoms with Crippen LogP contribution in [0.15, 0.2) is 22.7 Å². The Morgan fingerprint density at radius 3 is 2.88 bits per heavy atom. The quantitative estimate of drug-likeness (QED) is 0.869. The maximum Gasteiger partial charge on any atom is 0.225 e. The lowest BCUT2D eigenvalue weighted by molar-refractivity contribution is 0.438. The Hall–Kier alpha value is -1.48. The second-order valence-corrected chi connectivity index (χ2v) is 4.04. The van der Waals surface area contributed by atoms with Gasteiger partial charge in [-0.1, -0.05) is 41.9 Å². The van der Waals surface area contributed by atoms with Crippen molar-refractivity contribution in [1.82, 2.24) is 5.16 Å². The molecule has 84 valence electrons. The van der Waals surface area contributed by atoms with Gasteiger partial charge in [-0.3, -0.25) is 0 Å². The number of benzene rings is 1. The minimum absolute atomic E-state index is 0.370. The van der Waals surface area contributed by atoms with Gasteiger partial charge < -0.3 is 10.3 Å². The van der Waals surface area contributed by atoms with Gasteiger partial charge in [0.1, 0.15) is 5.69 Å². The van der Waals surface area contributed by atoms with Crippen molar-refractivity contribution < 1.29 is 4.52 Å². The molecule has 0 amide bonds. The fourth-order valence-electron chi connectivity index (χ4n) is 1.71. The van der Waals surface area contributed by atoms with Crippen LogP contribution in [0.4, 0.5) is 5.88 Å². The molecule has 1 aromatic carbocycles. The molecular formula is C12H13ClN2O. The van der Waals surface area contributed by atoms with Crippen molar-refractivity contribution >= 4 is 17.5 Å². The highest BCUT2D eigenvalue weighted by molar-refractivity contribution is 6.34. The maximum absolute atomic E-state index is 6.24. The Morgan fingerprint density at radius 1 is 1.44 bits per heavy atom. The molecule has 0 saturated heterocycles. The first-order chi connectivity index (χ1) is 7.65. The van der Waals surface area contributed by atoms with Gasteiger partial charge in [0.25, 0.3) is 0 Å². The van der Waals surface area contributed by atoms with Gasteiger partial charge in [0.2, 0.25) is 5.88 Å². The zero-order chi connectivity index (χ0) is 11.7.